The third-order valence-corrected chi connectivity index (χ3v) is 3.14. The Balaban J connectivity index is 2.33. The van der Waals surface area contributed by atoms with Crippen LogP contribution in [0.3, 0.4) is 0 Å². The van der Waals surface area contributed by atoms with Crippen molar-refractivity contribution in [3.8, 4) is 0 Å². The monoisotopic (exact) mass is 238 g/mol. The van der Waals surface area contributed by atoms with Crippen LogP contribution >= 0.6 is 0 Å². The van der Waals surface area contributed by atoms with E-state index in [2.05, 4.69) is 0 Å². The lowest BCUT2D eigenvalue weighted by molar-refractivity contribution is -0.138. The molecule has 1 heterocycles. The van der Waals surface area contributed by atoms with E-state index in [-0.39, 0.29) is 6.54 Å². The van der Waals surface area contributed by atoms with Gasteiger partial charge in [-0.25, -0.2) is 0 Å². The second kappa shape index (κ2) is 6.45. The molecule has 0 aliphatic carbocycles. The topological polar surface area (TPSA) is 29.3 Å². The van der Waals surface area contributed by atoms with Gasteiger partial charge in [-0.15, -0.1) is 0 Å². The minimum absolute atomic E-state index is 0.143. The Morgan fingerprint density at radius 2 is 2.00 bits per heavy atom. The van der Waals surface area contributed by atoms with Gasteiger partial charge < -0.3 is 10.6 Å². The van der Waals surface area contributed by atoms with Crippen LogP contribution in [0.15, 0.2) is 0 Å². The molecule has 1 rings (SSSR count). The molecule has 0 aromatic carbocycles. The quantitative estimate of drug-likeness (QED) is 0.814. The van der Waals surface area contributed by atoms with Crippen molar-refractivity contribution < 1.29 is 13.2 Å². The first-order valence-corrected chi connectivity index (χ1v) is 6.00. The predicted octanol–water partition coefficient (Wildman–Crippen LogP) is 2.39. The fraction of sp³-hybridized carbons (Fsp3) is 1.00. The molecule has 0 bridgehead atoms. The van der Waals surface area contributed by atoms with Crippen molar-refractivity contribution in [2.75, 3.05) is 26.2 Å². The van der Waals surface area contributed by atoms with Gasteiger partial charge in [0.25, 0.3) is 0 Å². The summed E-state index contributed by atoms with van der Waals surface area (Å²) in [5.41, 5.74) is 5.50. The lowest BCUT2D eigenvalue weighted by atomic mass is 10.00. The van der Waals surface area contributed by atoms with E-state index in [9.17, 15) is 13.2 Å². The Hall–Kier alpha value is -0.290. The van der Waals surface area contributed by atoms with E-state index in [1.807, 2.05) is 4.90 Å². The van der Waals surface area contributed by atoms with Crippen molar-refractivity contribution >= 4 is 0 Å². The van der Waals surface area contributed by atoms with Crippen molar-refractivity contribution in [1.29, 1.82) is 0 Å². The fourth-order valence-corrected chi connectivity index (χ4v) is 2.28. The first-order valence-electron chi connectivity index (χ1n) is 6.00. The van der Waals surface area contributed by atoms with Crippen LogP contribution in [0, 0.1) is 5.92 Å². The number of nitrogens with two attached hydrogens (primary N) is 1. The summed E-state index contributed by atoms with van der Waals surface area (Å²) in [5.74, 6) is 0.487. The Bertz CT molecular complexity index is 194. The maximum atomic E-state index is 12.1. The van der Waals surface area contributed by atoms with Gasteiger partial charge in [-0.05, 0) is 38.3 Å². The molecule has 1 saturated heterocycles. The number of nitrogens with zero attached hydrogens (tertiary/aromatic N) is 1. The molecule has 96 valence electrons. The van der Waals surface area contributed by atoms with Crippen LogP contribution in [-0.2, 0) is 0 Å². The smallest absolute Gasteiger partial charge is 0.330 e. The van der Waals surface area contributed by atoms with E-state index >= 15 is 0 Å². The molecule has 2 nitrogen and oxygen atoms in total. The van der Waals surface area contributed by atoms with E-state index in [0.29, 0.717) is 12.5 Å². The first kappa shape index (κ1) is 13.8. The molecule has 0 radical (unpaired) electrons. The van der Waals surface area contributed by atoms with Crippen molar-refractivity contribution in [2.24, 2.45) is 11.7 Å². The lowest BCUT2D eigenvalue weighted by Crippen LogP contribution is -2.32. The van der Waals surface area contributed by atoms with Crippen LogP contribution in [0.2, 0.25) is 0 Å². The highest BCUT2D eigenvalue weighted by Gasteiger charge is 2.28. The minimum Gasteiger partial charge on any atom is -0.330 e. The van der Waals surface area contributed by atoms with Crippen molar-refractivity contribution in [2.45, 2.75) is 38.3 Å². The van der Waals surface area contributed by atoms with Gasteiger partial charge in [0.2, 0.25) is 0 Å². The van der Waals surface area contributed by atoms with E-state index < -0.39 is 12.6 Å². The molecule has 1 unspecified atom stereocenters. The summed E-state index contributed by atoms with van der Waals surface area (Å²) in [6.45, 7) is 2.37. The Morgan fingerprint density at radius 3 is 2.62 bits per heavy atom. The summed E-state index contributed by atoms with van der Waals surface area (Å²) >= 11 is 0. The zero-order valence-electron chi connectivity index (χ0n) is 9.60. The molecule has 5 heteroatoms. The molecule has 2 N–H and O–H groups in total. The molecule has 1 fully saturated rings. The van der Waals surface area contributed by atoms with Gasteiger partial charge in [-0.1, -0.05) is 6.42 Å². The first-order chi connectivity index (χ1) is 7.51. The summed E-state index contributed by atoms with van der Waals surface area (Å²) in [7, 11) is 0. The average Bonchev–Trinajstić information content (AvgIpc) is 2.40. The Labute approximate surface area is 95.0 Å². The van der Waals surface area contributed by atoms with Gasteiger partial charge in [0.1, 0.15) is 0 Å². The maximum absolute atomic E-state index is 12.1. The summed E-state index contributed by atoms with van der Waals surface area (Å²) < 4.78 is 36.3. The molecular weight excluding hydrogens is 217 g/mol. The SMILES string of the molecule is NCCC1CCCCN(CCC(F)(F)F)C1. The molecule has 0 spiro atoms. The second-order valence-electron chi connectivity index (χ2n) is 4.60. The fourth-order valence-electron chi connectivity index (χ4n) is 2.28. The Kier molecular flexibility index (Phi) is 5.55. The number of rotatable bonds is 4. The number of hydrogen-bond acceptors (Lipinski definition) is 2. The summed E-state index contributed by atoms with van der Waals surface area (Å²) in [6, 6.07) is 0. The van der Waals surface area contributed by atoms with Crippen molar-refractivity contribution in [3.63, 3.8) is 0 Å². The van der Waals surface area contributed by atoms with Gasteiger partial charge in [0.15, 0.2) is 0 Å². The number of likely N-dealkylation sites (tertiary alicyclic amines) is 1. The van der Waals surface area contributed by atoms with Crippen LogP contribution in [0.25, 0.3) is 0 Å². The number of alkyl halides is 3. The van der Waals surface area contributed by atoms with E-state index in [1.165, 1.54) is 0 Å². The van der Waals surface area contributed by atoms with Crippen LogP contribution < -0.4 is 5.73 Å². The molecule has 0 aromatic heterocycles. The number of halogens is 3. The standard InChI is InChI=1S/C11H21F3N2/c12-11(13,14)5-8-16-7-2-1-3-10(9-16)4-6-15/h10H,1-9,15H2. The van der Waals surface area contributed by atoms with Crippen molar-refractivity contribution in [3.05, 3.63) is 0 Å². The maximum Gasteiger partial charge on any atom is 0.390 e. The summed E-state index contributed by atoms with van der Waals surface area (Å²) in [5, 5.41) is 0. The van der Waals surface area contributed by atoms with Crippen LogP contribution in [0.4, 0.5) is 13.2 Å². The van der Waals surface area contributed by atoms with Crippen LogP contribution in [-0.4, -0.2) is 37.3 Å². The molecule has 0 amide bonds. The minimum atomic E-state index is -4.03. The van der Waals surface area contributed by atoms with Crippen LogP contribution in [0.5, 0.6) is 0 Å². The third-order valence-electron chi connectivity index (χ3n) is 3.14. The van der Waals surface area contributed by atoms with Crippen LogP contribution in [0.1, 0.15) is 32.1 Å². The molecule has 1 aliphatic heterocycles. The average molecular weight is 238 g/mol. The molecule has 0 saturated carbocycles. The molecule has 1 atom stereocenters. The van der Waals surface area contributed by atoms with Gasteiger partial charge in [0.05, 0.1) is 6.42 Å². The Morgan fingerprint density at radius 1 is 1.25 bits per heavy atom. The second-order valence-corrected chi connectivity index (χ2v) is 4.60. The van der Waals surface area contributed by atoms with E-state index in [4.69, 9.17) is 5.73 Å². The highest BCUT2D eigenvalue weighted by Crippen LogP contribution is 2.23. The zero-order chi connectivity index (χ0) is 12.0. The molecular formula is C11H21F3N2. The summed E-state index contributed by atoms with van der Waals surface area (Å²) in [6.07, 6.45) is -0.549. The highest BCUT2D eigenvalue weighted by molar-refractivity contribution is 4.72. The number of hydrogen-bond donors (Lipinski definition) is 1. The zero-order valence-corrected chi connectivity index (χ0v) is 9.60. The van der Waals surface area contributed by atoms with E-state index in [0.717, 1.165) is 38.8 Å². The molecule has 1 aliphatic rings. The lowest BCUT2D eigenvalue weighted by Gasteiger charge is -2.24. The van der Waals surface area contributed by atoms with Gasteiger partial charge >= 0.3 is 6.18 Å². The van der Waals surface area contributed by atoms with Gasteiger partial charge in [-0.2, -0.15) is 13.2 Å². The predicted molar refractivity (Wildman–Crippen MR) is 58.1 cm³/mol. The van der Waals surface area contributed by atoms with Gasteiger partial charge in [-0.3, -0.25) is 0 Å². The largest absolute Gasteiger partial charge is 0.390 e. The third kappa shape index (κ3) is 5.70. The highest BCUT2D eigenvalue weighted by atomic mass is 19.4. The van der Waals surface area contributed by atoms with Crippen molar-refractivity contribution in [1.82, 2.24) is 4.90 Å². The molecule has 0 aromatic rings. The van der Waals surface area contributed by atoms with E-state index in [1.54, 1.807) is 0 Å². The normalized spacial score (nSPS) is 24.4. The van der Waals surface area contributed by atoms with Gasteiger partial charge in [0, 0.05) is 13.1 Å². The molecule has 16 heavy (non-hydrogen) atoms. The summed E-state index contributed by atoms with van der Waals surface area (Å²) in [4.78, 5) is 1.95.